The number of halogens is 1. The van der Waals surface area contributed by atoms with Crippen LogP contribution in [0.25, 0.3) is 0 Å². The van der Waals surface area contributed by atoms with Gasteiger partial charge in [-0.1, -0.05) is 0 Å². The second-order valence-corrected chi connectivity index (χ2v) is 4.67. The number of nitrogens with two attached hydrogens (primary N) is 1. The lowest BCUT2D eigenvalue weighted by atomic mass is 9.80. The number of aromatic amines is 1. The molecule has 0 radical (unpaired) electrons. The Kier molecular flexibility index (Phi) is 2.56. The summed E-state index contributed by atoms with van der Waals surface area (Å²) in [7, 11) is 0. The average molecular weight is 274 g/mol. The van der Waals surface area contributed by atoms with Crippen molar-refractivity contribution in [2.45, 2.75) is 24.7 Å². The largest absolute Gasteiger partial charge is 0.481 e. The van der Waals surface area contributed by atoms with Gasteiger partial charge in [0, 0.05) is 23.2 Å². The molecule has 1 aromatic rings. The number of aryl methyl sites for hydroxylation is 1. The molecule has 2 rings (SSSR count). The predicted molar refractivity (Wildman–Crippen MR) is 57.6 cm³/mol. The number of fused-ring (bicyclic) bond motifs is 1. The lowest BCUT2D eigenvalue weighted by molar-refractivity contribution is -0.138. The van der Waals surface area contributed by atoms with E-state index in [-0.39, 0.29) is 6.42 Å². The SMILES string of the molecule is NCC1(CC(=O)O)CCc2[nH]nc(Br)c21. The molecule has 1 aromatic heterocycles. The van der Waals surface area contributed by atoms with E-state index in [1.54, 1.807) is 0 Å². The zero-order valence-electron chi connectivity index (χ0n) is 8.09. The van der Waals surface area contributed by atoms with E-state index >= 15 is 0 Å². The van der Waals surface area contributed by atoms with Crippen molar-refractivity contribution in [3.8, 4) is 0 Å². The van der Waals surface area contributed by atoms with Crippen molar-refractivity contribution in [2.24, 2.45) is 5.73 Å². The molecule has 0 bridgehead atoms. The zero-order valence-corrected chi connectivity index (χ0v) is 9.67. The Labute approximate surface area is 95.2 Å². The fourth-order valence-electron chi connectivity index (χ4n) is 2.30. The van der Waals surface area contributed by atoms with Crippen LogP contribution in [0.1, 0.15) is 24.1 Å². The van der Waals surface area contributed by atoms with Crippen LogP contribution in [0.5, 0.6) is 0 Å². The van der Waals surface area contributed by atoms with Crippen LogP contribution in [0, 0.1) is 0 Å². The van der Waals surface area contributed by atoms with Crippen LogP contribution in [0.4, 0.5) is 0 Å². The molecule has 0 aliphatic heterocycles. The third kappa shape index (κ3) is 1.57. The van der Waals surface area contributed by atoms with E-state index in [0.717, 1.165) is 24.1 Å². The Morgan fingerprint density at radius 3 is 3.07 bits per heavy atom. The number of hydrogen-bond donors (Lipinski definition) is 3. The highest BCUT2D eigenvalue weighted by atomic mass is 79.9. The van der Waals surface area contributed by atoms with E-state index in [2.05, 4.69) is 26.1 Å². The minimum atomic E-state index is -0.818. The van der Waals surface area contributed by atoms with Crippen molar-refractivity contribution in [3.05, 3.63) is 15.9 Å². The van der Waals surface area contributed by atoms with E-state index in [1.165, 1.54) is 0 Å². The molecular formula is C9H12BrN3O2. The van der Waals surface area contributed by atoms with Crippen LogP contribution in [0.2, 0.25) is 0 Å². The maximum atomic E-state index is 10.9. The highest BCUT2D eigenvalue weighted by molar-refractivity contribution is 9.10. The summed E-state index contributed by atoms with van der Waals surface area (Å²) in [6.45, 7) is 0.338. The molecular weight excluding hydrogens is 262 g/mol. The van der Waals surface area contributed by atoms with Gasteiger partial charge in [0.15, 0.2) is 0 Å². The molecule has 1 unspecified atom stereocenters. The Hall–Kier alpha value is -0.880. The van der Waals surface area contributed by atoms with Gasteiger partial charge < -0.3 is 10.8 Å². The van der Waals surface area contributed by atoms with Gasteiger partial charge >= 0.3 is 5.97 Å². The molecule has 1 heterocycles. The third-order valence-electron chi connectivity index (χ3n) is 3.06. The molecule has 1 aliphatic rings. The van der Waals surface area contributed by atoms with Gasteiger partial charge in [-0.25, -0.2) is 0 Å². The van der Waals surface area contributed by atoms with Gasteiger partial charge in [0.1, 0.15) is 4.60 Å². The first-order valence-corrected chi connectivity index (χ1v) is 5.53. The molecule has 0 aromatic carbocycles. The molecule has 1 atom stereocenters. The second-order valence-electron chi connectivity index (χ2n) is 3.92. The molecule has 4 N–H and O–H groups in total. The van der Waals surface area contributed by atoms with Gasteiger partial charge in [-0.15, -0.1) is 0 Å². The van der Waals surface area contributed by atoms with Gasteiger partial charge in [-0.3, -0.25) is 9.89 Å². The van der Waals surface area contributed by atoms with Gasteiger partial charge in [0.25, 0.3) is 0 Å². The topological polar surface area (TPSA) is 92.0 Å². The summed E-state index contributed by atoms with van der Waals surface area (Å²) in [5.41, 5.74) is 7.24. The first-order chi connectivity index (χ1) is 7.09. The molecule has 15 heavy (non-hydrogen) atoms. The Balaban J connectivity index is 2.44. The Bertz CT molecular complexity index is 404. The molecule has 0 fully saturated rings. The lowest BCUT2D eigenvalue weighted by Gasteiger charge is -2.25. The molecule has 0 saturated carbocycles. The van der Waals surface area contributed by atoms with Gasteiger partial charge in [-0.2, -0.15) is 5.10 Å². The smallest absolute Gasteiger partial charge is 0.304 e. The summed E-state index contributed by atoms with van der Waals surface area (Å²) < 4.78 is 0.696. The number of aliphatic carboxylic acids is 1. The van der Waals surface area contributed by atoms with E-state index < -0.39 is 11.4 Å². The second kappa shape index (κ2) is 3.61. The van der Waals surface area contributed by atoms with Crippen molar-refractivity contribution < 1.29 is 9.90 Å². The number of carboxylic acids is 1. The molecule has 0 spiro atoms. The first-order valence-electron chi connectivity index (χ1n) is 4.74. The van der Waals surface area contributed by atoms with E-state index in [0.29, 0.717) is 11.1 Å². The van der Waals surface area contributed by atoms with Crippen LogP contribution < -0.4 is 5.73 Å². The number of H-pyrrole nitrogens is 1. The van der Waals surface area contributed by atoms with Gasteiger partial charge in [-0.05, 0) is 28.8 Å². The summed E-state index contributed by atoms with van der Waals surface area (Å²) in [6, 6.07) is 0. The van der Waals surface area contributed by atoms with Crippen LogP contribution in [0.15, 0.2) is 4.60 Å². The zero-order chi connectivity index (χ0) is 11.1. The summed E-state index contributed by atoms with van der Waals surface area (Å²) >= 11 is 3.33. The number of carboxylic acid groups (broad SMARTS) is 1. The van der Waals surface area contributed by atoms with Crippen molar-refractivity contribution in [3.63, 3.8) is 0 Å². The fraction of sp³-hybridized carbons (Fsp3) is 0.556. The minimum absolute atomic E-state index is 0.0641. The maximum Gasteiger partial charge on any atom is 0.304 e. The van der Waals surface area contributed by atoms with E-state index in [1.807, 2.05) is 0 Å². The lowest BCUT2D eigenvalue weighted by Crippen LogP contribution is -2.35. The number of carbonyl (C=O) groups is 1. The number of aromatic nitrogens is 2. The molecule has 0 saturated heterocycles. The minimum Gasteiger partial charge on any atom is -0.481 e. The highest BCUT2D eigenvalue weighted by Gasteiger charge is 2.42. The highest BCUT2D eigenvalue weighted by Crippen LogP contribution is 2.43. The average Bonchev–Trinajstić information content (AvgIpc) is 2.70. The van der Waals surface area contributed by atoms with Crippen LogP contribution in [-0.4, -0.2) is 27.8 Å². The summed E-state index contributed by atoms with van der Waals surface area (Å²) in [5.74, 6) is -0.818. The summed E-state index contributed by atoms with van der Waals surface area (Å²) in [5, 5.41) is 15.9. The van der Waals surface area contributed by atoms with Crippen molar-refractivity contribution in [1.82, 2.24) is 10.2 Å². The first kappa shape index (κ1) is 10.6. The van der Waals surface area contributed by atoms with E-state index in [9.17, 15) is 4.79 Å². The van der Waals surface area contributed by atoms with Crippen molar-refractivity contribution in [2.75, 3.05) is 6.54 Å². The summed E-state index contributed by atoms with van der Waals surface area (Å²) in [6.07, 6.45) is 1.66. The van der Waals surface area contributed by atoms with Crippen LogP contribution in [0.3, 0.4) is 0 Å². The van der Waals surface area contributed by atoms with Gasteiger partial charge in [0.2, 0.25) is 0 Å². The Morgan fingerprint density at radius 1 is 1.73 bits per heavy atom. The standard InChI is InChI=1S/C9H12BrN3O2/c10-8-7-5(12-13-8)1-2-9(7,4-11)3-6(14)15/h1-4,11H2,(H,12,13)(H,14,15). The van der Waals surface area contributed by atoms with Crippen molar-refractivity contribution in [1.29, 1.82) is 0 Å². The van der Waals surface area contributed by atoms with Crippen LogP contribution in [-0.2, 0) is 16.6 Å². The molecule has 1 aliphatic carbocycles. The fourth-order valence-corrected chi connectivity index (χ4v) is 3.05. The third-order valence-corrected chi connectivity index (χ3v) is 3.64. The molecule has 6 heteroatoms. The number of nitrogens with one attached hydrogen (secondary N) is 1. The number of hydrogen-bond acceptors (Lipinski definition) is 3. The normalized spacial score (nSPS) is 24.1. The Morgan fingerprint density at radius 2 is 2.47 bits per heavy atom. The summed E-state index contributed by atoms with van der Waals surface area (Å²) in [4.78, 5) is 10.9. The number of rotatable bonds is 3. The monoisotopic (exact) mass is 273 g/mol. The molecule has 82 valence electrons. The maximum absolute atomic E-state index is 10.9. The predicted octanol–water partition coefficient (Wildman–Crippen LogP) is 0.790. The van der Waals surface area contributed by atoms with Crippen LogP contribution >= 0.6 is 15.9 Å². The number of nitrogens with zero attached hydrogens (tertiary/aromatic N) is 1. The quantitative estimate of drug-likeness (QED) is 0.759. The van der Waals surface area contributed by atoms with E-state index in [4.69, 9.17) is 10.8 Å². The van der Waals surface area contributed by atoms with Crippen molar-refractivity contribution >= 4 is 21.9 Å². The molecule has 5 nitrogen and oxygen atoms in total. The van der Waals surface area contributed by atoms with Gasteiger partial charge in [0.05, 0.1) is 6.42 Å². The molecule has 0 amide bonds.